The van der Waals surface area contributed by atoms with Crippen LogP contribution < -0.4 is 5.32 Å². The number of ether oxygens (including phenoxy) is 1. The lowest BCUT2D eigenvalue weighted by Gasteiger charge is -2.17. The van der Waals surface area contributed by atoms with Gasteiger partial charge in [-0.1, -0.05) is 35.3 Å². The molecule has 0 atom stereocenters. The van der Waals surface area contributed by atoms with Gasteiger partial charge in [-0.25, -0.2) is 13.2 Å². The molecule has 2 aromatic rings. The van der Waals surface area contributed by atoms with Crippen molar-refractivity contribution >= 4 is 50.8 Å². The molecule has 1 N–H and O–H groups in total. The first-order valence-electron chi connectivity index (χ1n) is 8.80. The Morgan fingerprint density at radius 1 is 1.03 bits per heavy atom. The number of benzene rings is 2. The molecule has 0 unspecified atom stereocenters. The predicted octanol–water partition coefficient (Wildman–Crippen LogP) is 3.57. The number of carbonyl (C=O) groups excluding carboxylic acids is 2. The Balaban J connectivity index is 1.68. The number of halogens is 2. The average molecular weight is 457 g/mol. The summed E-state index contributed by atoms with van der Waals surface area (Å²) in [4.78, 5) is 24.1. The van der Waals surface area contributed by atoms with Gasteiger partial charge in [-0.3, -0.25) is 4.79 Å². The highest BCUT2D eigenvalue weighted by Crippen LogP contribution is 2.28. The van der Waals surface area contributed by atoms with Crippen LogP contribution in [0.25, 0.3) is 0 Å². The number of hydrogen-bond donors (Lipinski definition) is 1. The van der Waals surface area contributed by atoms with E-state index in [9.17, 15) is 18.0 Å². The monoisotopic (exact) mass is 456 g/mol. The zero-order chi connectivity index (χ0) is 21.0. The lowest BCUT2D eigenvalue weighted by molar-refractivity contribution is -0.119. The molecule has 7 nitrogen and oxygen atoms in total. The first-order chi connectivity index (χ1) is 13.8. The summed E-state index contributed by atoms with van der Waals surface area (Å²) in [5.74, 6) is -1.42. The van der Waals surface area contributed by atoms with E-state index in [-0.39, 0.29) is 15.5 Å². The van der Waals surface area contributed by atoms with Crippen molar-refractivity contribution in [2.75, 3.05) is 25.0 Å². The van der Waals surface area contributed by atoms with E-state index in [4.69, 9.17) is 27.9 Å². The third kappa shape index (κ3) is 5.08. The highest BCUT2D eigenvalue weighted by molar-refractivity contribution is 7.89. The predicted molar refractivity (Wildman–Crippen MR) is 110 cm³/mol. The van der Waals surface area contributed by atoms with E-state index in [1.165, 1.54) is 22.5 Å². The van der Waals surface area contributed by atoms with Crippen molar-refractivity contribution in [1.82, 2.24) is 4.31 Å². The van der Waals surface area contributed by atoms with Gasteiger partial charge in [0.05, 0.1) is 21.3 Å². The summed E-state index contributed by atoms with van der Waals surface area (Å²) in [6.07, 6.45) is 1.55. The van der Waals surface area contributed by atoms with E-state index in [0.29, 0.717) is 23.8 Å². The van der Waals surface area contributed by atoms with Crippen LogP contribution in [-0.4, -0.2) is 44.3 Å². The molecule has 0 bridgehead atoms. The maximum atomic E-state index is 12.7. The Kier molecular flexibility index (Phi) is 6.79. The van der Waals surface area contributed by atoms with Crippen LogP contribution in [0, 0.1) is 0 Å². The molecule has 1 amide bonds. The molecule has 1 aliphatic heterocycles. The molecule has 1 aliphatic rings. The second-order valence-corrected chi connectivity index (χ2v) is 9.08. The van der Waals surface area contributed by atoms with Gasteiger partial charge in [0.1, 0.15) is 4.90 Å². The topological polar surface area (TPSA) is 92.8 Å². The molecule has 10 heteroatoms. The summed E-state index contributed by atoms with van der Waals surface area (Å²) >= 11 is 12.0. The van der Waals surface area contributed by atoms with Gasteiger partial charge in [-0.05, 0) is 43.2 Å². The molecule has 2 aromatic carbocycles. The number of amides is 1. The van der Waals surface area contributed by atoms with Gasteiger partial charge in [-0.15, -0.1) is 0 Å². The Morgan fingerprint density at radius 2 is 1.72 bits per heavy atom. The third-order valence-electron chi connectivity index (χ3n) is 4.33. The van der Waals surface area contributed by atoms with Gasteiger partial charge in [0.25, 0.3) is 5.91 Å². The van der Waals surface area contributed by atoms with E-state index in [1.54, 1.807) is 24.3 Å². The quantitative estimate of drug-likeness (QED) is 0.670. The van der Waals surface area contributed by atoms with Crippen LogP contribution in [0.4, 0.5) is 5.69 Å². The van der Waals surface area contributed by atoms with Gasteiger partial charge in [-0.2, -0.15) is 4.31 Å². The fraction of sp³-hybridized carbons (Fsp3) is 0.263. The zero-order valence-corrected chi connectivity index (χ0v) is 17.6. The molecule has 1 saturated heterocycles. The van der Waals surface area contributed by atoms with Gasteiger partial charge >= 0.3 is 5.97 Å². The fourth-order valence-corrected chi connectivity index (χ4v) is 5.06. The van der Waals surface area contributed by atoms with E-state index >= 15 is 0 Å². The molecule has 0 aliphatic carbocycles. The Bertz CT molecular complexity index is 1040. The van der Waals surface area contributed by atoms with Crippen molar-refractivity contribution in [3.05, 3.63) is 58.1 Å². The lowest BCUT2D eigenvalue weighted by atomic mass is 10.2. The number of nitrogens with zero attached hydrogens (tertiary/aromatic N) is 1. The Morgan fingerprint density at radius 3 is 2.41 bits per heavy atom. The fourth-order valence-electron chi connectivity index (χ4n) is 2.86. The van der Waals surface area contributed by atoms with Crippen LogP contribution in [0.3, 0.4) is 0 Å². The molecule has 154 valence electrons. The molecule has 29 heavy (non-hydrogen) atoms. The molecule has 0 radical (unpaired) electrons. The summed E-state index contributed by atoms with van der Waals surface area (Å²) in [6, 6.07) is 10.5. The normalized spacial score (nSPS) is 14.6. The Hall–Kier alpha value is -2.13. The molecule has 3 rings (SSSR count). The average Bonchev–Trinajstić information content (AvgIpc) is 3.24. The third-order valence-corrected chi connectivity index (χ3v) is 7.04. The second-order valence-electron chi connectivity index (χ2n) is 6.36. The van der Waals surface area contributed by atoms with Crippen molar-refractivity contribution in [1.29, 1.82) is 0 Å². The van der Waals surface area contributed by atoms with Crippen molar-refractivity contribution in [2.24, 2.45) is 0 Å². The number of anilines is 1. The van der Waals surface area contributed by atoms with Gasteiger partial charge < -0.3 is 10.1 Å². The number of carbonyl (C=O) groups is 2. The standard InChI is InChI=1S/C19H18Cl2N2O5S/c20-14-5-1-2-6-16(14)22-18(24)12-28-19(25)13-7-8-15(21)17(11-13)29(26,27)23-9-3-4-10-23/h1-2,5-8,11H,3-4,9-10,12H2,(H,22,24). The zero-order valence-electron chi connectivity index (χ0n) is 15.2. The highest BCUT2D eigenvalue weighted by atomic mass is 35.5. The van der Waals surface area contributed by atoms with Crippen LogP contribution >= 0.6 is 23.2 Å². The maximum absolute atomic E-state index is 12.7. The van der Waals surface area contributed by atoms with E-state index in [0.717, 1.165) is 12.8 Å². The molecule has 0 spiro atoms. The second kappa shape index (κ2) is 9.13. The number of sulfonamides is 1. The maximum Gasteiger partial charge on any atom is 0.338 e. The molecule has 1 fully saturated rings. The van der Waals surface area contributed by atoms with Crippen molar-refractivity contribution in [2.45, 2.75) is 17.7 Å². The number of para-hydroxylation sites is 1. The van der Waals surface area contributed by atoms with Gasteiger partial charge in [0, 0.05) is 13.1 Å². The van der Waals surface area contributed by atoms with Crippen molar-refractivity contribution < 1.29 is 22.7 Å². The number of nitrogens with one attached hydrogen (secondary N) is 1. The molecular weight excluding hydrogens is 439 g/mol. The highest BCUT2D eigenvalue weighted by Gasteiger charge is 2.30. The van der Waals surface area contributed by atoms with Crippen LogP contribution in [-0.2, 0) is 19.6 Å². The van der Waals surface area contributed by atoms with Crippen LogP contribution in [0.2, 0.25) is 10.0 Å². The lowest BCUT2D eigenvalue weighted by Crippen LogP contribution is -2.28. The van der Waals surface area contributed by atoms with E-state index in [2.05, 4.69) is 5.32 Å². The minimum Gasteiger partial charge on any atom is -0.452 e. The van der Waals surface area contributed by atoms with Crippen molar-refractivity contribution in [3.8, 4) is 0 Å². The minimum absolute atomic E-state index is 0.0160. The smallest absolute Gasteiger partial charge is 0.338 e. The summed E-state index contributed by atoms with van der Waals surface area (Å²) < 4.78 is 31.8. The number of rotatable bonds is 6. The van der Waals surface area contributed by atoms with Crippen LogP contribution in [0.15, 0.2) is 47.4 Å². The number of esters is 1. The van der Waals surface area contributed by atoms with E-state index in [1.807, 2.05) is 0 Å². The number of hydrogen-bond acceptors (Lipinski definition) is 5. The molecular formula is C19H18Cl2N2O5S. The molecule has 0 aromatic heterocycles. The first-order valence-corrected chi connectivity index (χ1v) is 11.0. The van der Waals surface area contributed by atoms with Gasteiger partial charge in [0.15, 0.2) is 6.61 Å². The van der Waals surface area contributed by atoms with Gasteiger partial charge in [0.2, 0.25) is 10.0 Å². The van der Waals surface area contributed by atoms with Crippen LogP contribution in [0.5, 0.6) is 0 Å². The van der Waals surface area contributed by atoms with E-state index < -0.39 is 28.5 Å². The summed E-state index contributed by atoms with van der Waals surface area (Å²) in [6.45, 7) is 0.270. The summed E-state index contributed by atoms with van der Waals surface area (Å²) in [7, 11) is -3.80. The largest absolute Gasteiger partial charge is 0.452 e. The first kappa shape index (κ1) is 21.6. The Labute approximate surface area is 178 Å². The minimum atomic E-state index is -3.80. The molecule has 0 saturated carbocycles. The van der Waals surface area contributed by atoms with Crippen molar-refractivity contribution in [3.63, 3.8) is 0 Å². The SMILES string of the molecule is O=C(COC(=O)c1ccc(Cl)c(S(=O)(=O)N2CCCC2)c1)Nc1ccccc1Cl. The summed E-state index contributed by atoms with van der Waals surface area (Å²) in [5, 5.41) is 2.89. The van der Waals surface area contributed by atoms with Crippen LogP contribution in [0.1, 0.15) is 23.2 Å². The molecule has 1 heterocycles. The summed E-state index contributed by atoms with van der Waals surface area (Å²) in [5.41, 5.74) is 0.374.